The minimum absolute atomic E-state index is 0.0683. The molecule has 0 aromatic rings. The summed E-state index contributed by atoms with van der Waals surface area (Å²) in [6.45, 7) is 3.87. The molecule has 0 spiro atoms. The maximum atomic E-state index is 13.0. The van der Waals surface area contributed by atoms with Gasteiger partial charge in [0.15, 0.2) is 6.29 Å². The third kappa shape index (κ3) is 3.15. The first-order valence-electron chi connectivity index (χ1n) is 6.28. The normalized spacial score (nSPS) is 40.9. The van der Waals surface area contributed by atoms with E-state index in [0.29, 0.717) is 38.6 Å². The lowest BCUT2D eigenvalue weighted by Crippen LogP contribution is -2.42. The fraction of sp³-hybridized carbons (Fsp3) is 1.00. The molecule has 1 aliphatic heterocycles. The van der Waals surface area contributed by atoms with Crippen LogP contribution in [0.5, 0.6) is 0 Å². The van der Waals surface area contributed by atoms with E-state index in [-0.39, 0.29) is 12.4 Å². The van der Waals surface area contributed by atoms with Crippen molar-refractivity contribution in [1.29, 1.82) is 0 Å². The van der Waals surface area contributed by atoms with Crippen molar-refractivity contribution >= 4 is 0 Å². The van der Waals surface area contributed by atoms with E-state index in [4.69, 9.17) is 14.2 Å². The number of rotatable bonds is 3. The highest BCUT2D eigenvalue weighted by Gasteiger charge is 2.32. The molecule has 16 heavy (non-hydrogen) atoms. The Bertz CT molecular complexity index is 196. The number of alkyl halides is 1. The van der Waals surface area contributed by atoms with Gasteiger partial charge in [0.1, 0.15) is 12.3 Å². The Morgan fingerprint density at radius 2 is 1.75 bits per heavy atom. The summed E-state index contributed by atoms with van der Waals surface area (Å²) in [7, 11) is 0. The Morgan fingerprint density at radius 3 is 2.31 bits per heavy atom. The molecule has 0 amide bonds. The zero-order chi connectivity index (χ0) is 11.4. The predicted octanol–water partition coefficient (Wildman–Crippen LogP) is 2.29. The van der Waals surface area contributed by atoms with Gasteiger partial charge in [0.25, 0.3) is 0 Å². The SMILES string of the molecule is CCO[C@H]1CO[C@H](C2CCC(F)CC2)OC1. The molecule has 94 valence electrons. The summed E-state index contributed by atoms with van der Waals surface area (Å²) in [6, 6.07) is 0. The van der Waals surface area contributed by atoms with Gasteiger partial charge < -0.3 is 14.2 Å². The lowest BCUT2D eigenvalue weighted by Gasteiger charge is -2.36. The highest BCUT2D eigenvalue weighted by atomic mass is 19.1. The van der Waals surface area contributed by atoms with Gasteiger partial charge in [-0.1, -0.05) is 0 Å². The van der Waals surface area contributed by atoms with Crippen LogP contribution >= 0.6 is 0 Å². The molecule has 1 aliphatic carbocycles. The van der Waals surface area contributed by atoms with Crippen LogP contribution in [0.3, 0.4) is 0 Å². The first-order valence-corrected chi connectivity index (χ1v) is 6.28. The lowest BCUT2D eigenvalue weighted by atomic mass is 9.87. The molecule has 4 heteroatoms. The molecular formula is C12H21FO3. The van der Waals surface area contributed by atoms with Crippen LogP contribution in [0, 0.1) is 5.92 Å². The smallest absolute Gasteiger partial charge is 0.160 e. The maximum Gasteiger partial charge on any atom is 0.160 e. The zero-order valence-corrected chi connectivity index (χ0v) is 9.86. The molecule has 0 atom stereocenters. The second-order valence-electron chi connectivity index (χ2n) is 4.62. The van der Waals surface area contributed by atoms with Gasteiger partial charge in [-0.2, -0.15) is 0 Å². The minimum atomic E-state index is -0.615. The van der Waals surface area contributed by atoms with E-state index in [1.165, 1.54) is 0 Å². The van der Waals surface area contributed by atoms with E-state index in [1.54, 1.807) is 0 Å². The molecule has 2 fully saturated rings. The molecule has 1 heterocycles. The largest absolute Gasteiger partial charge is 0.374 e. The predicted molar refractivity (Wildman–Crippen MR) is 58.0 cm³/mol. The summed E-state index contributed by atoms with van der Waals surface area (Å²) in [5, 5.41) is 0. The zero-order valence-electron chi connectivity index (χ0n) is 9.86. The van der Waals surface area contributed by atoms with Gasteiger partial charge in [-0.15, -0.1) is 0 Å². The summed E-state index contributed by atoms with van der Waals surface area (Å²) in [4.78, 5) is 0. The van der Waals surface area contributed by atoms with Crippen LogP contribution in [0.1, 0.15) is 32.6 Å². The Morgan fingerprint density at radius 1 is 1.12 bits per heavy atom. The van der Waals surface area contributed by atoms with Crippen molar-refractivity contribution < 1.29 is 18.6 Å². The summed E-state index contributed by atoms with van der Waals surface area (Å²) in [5.41, 5.74) is 0. The van der Waals surface area contributed by atoms with Gasteiger partial charge >= 0.3 is 0 Å². The Kier molecular flexibility index (Phi) is 4.55. The summed E-state index contributed by atoms with van der Waals surface area (Å²) in [6.07, 6.45) is 2.39. The minimum Gasteiger partial charge on any atom is -0.374 e. The summed E-state index contributed by atoms with van der Waals surface area (Å²) < 4.78 is 29.7. The van der Waals surface area contributed by atoms with Gasteiger partial charge in [-0.3, -0.25) is 0 Å². The van der Waals surface area contributed by atoms with E-state index >= 15 is 0 Å². The summed E-state index contributed by atoms with van der Waals surface area (Å²) in [5.74, 6) is 0.370. The second kappa shape index (κ2) is 5.94. The van der Waals surface area contributed by atoms with Crippen molar-refractivity contribution in [3.63, 3.8) is 0 Å². The molecule has 0 unspecified atom stereocenters. The van der Waals surface area contributed by atoms with Crippen molar-refractivity contribution in [2.45, 2.75) is 51.2 Å². The van der Waals surface area contributed by atoms with E-state index < -0.39 is 6.17 Å². The molecule has 0 bridgehead atoms. The highest BCUT2D eigenvalue weighted by Crippen LogP contribution is 2.31. The number of hydrogen-bond donors (Lipinski definition) is 0. The van der Waals surface area contributed by atoms with Crippen LogP contribution in [0.2, 0.25) is 0 Å². The van der Waals surface area contributed by atoms with Gasteiger partial charge in [-0.25, -0.2) is 4.39 Å². The average Bonchev–Trinajstić information content (AvgIpc) is 2.32. The average molecular weight is 232 g/mol. The van der Waals surface area contributed by atoms with Crippen LogP contribution in [0.15, 0.2) is 0 Å². The molecule has 1 saturated carbocycles. The maximum absolute atomic E-state index is 13.0. The lowest BCUT2D eigenvalue weighted by molar-refractivity contribution is -0.249. The molecule has 2 rings (SSSR count). The Balaban J connectivity index is 1.72. The molecule has 0 aromatic carbocycles. The van der Waals surface area contributed by atoms with E-state index in [2.05, 4.69) is 0 Å². The monoisotopic (exact) mass is 232 g/mol. The van der Waals surface area contributed by atoms with Gasteiger partial charge in [0.05, 0.1) is 13.2 Å². The van der Waals surface area contributed by atoms with Crippen molar-refractivity contribution in [1.82, 2.24) is 0 Å². The topological polar surface area (TPSA) is 27.7 Å². The first-order chi connectivity index (χ1) is 7.79. The second-order valence-corrected chi connectivity index (χ2v) is 4.62. The van der Waals surface area contributed by atoms with Crippen molar-refractivity contribution in [3.05, 3.63) is 0 Å². The van der Waals surface area contributed by atoms with E-state index in [0.717, 1.165) is 12.8 Å². The number of halogens is 1. The van der Waals surface area contributed by atoms with Crippen molar-refractivity contribution in [2.24, 2.45) is 5.92 Å². The fourth-order valence-electron chi connectivity index (χ4n) is 2.46. The molecule has 3 nitrogen and oxygen atoms in total. The third-order valence-corrected chi connectivity index (χ3v) is 3.38. The highest BCUT2D eigenvalue weighted by molar-refractivity contribution is 4.76. The van der Waals surface area contributed by atoms with Crippen molar-refractivity contribution in [2.75, 3.05) is 19.8 Å². The Labute approximate surface area is 96.2 Å². The molecule has 0 N–H and O–H groups in total. The standard InChI is InChI=1S/C12H21FO3/c1-2-14-11-7-15-12(16-8-11)9-3-5-10(13)6-4-9/h9-12H,2-8H2,1H3/t9?,10?,11-,12-. The fourth-order valence-corrected chi connectivity index (χ4v) is 2.46. The molecule has 0 radical (unpaired) electrons. The van der Waals surface area contributed by atoms with Gasteiger partial charge in [-0.05, 0) is 32.6 Å². The molecule has 1 saturated heterocycles. The molecule has 2 aliphatic rings. The van der Waals surface area contributed by atoms with Crippen LogP contribution < -0.4 is 0 Å². The quantitative estimate of drug-likeness (QED) is 0.747. The van der Waals surface area contributed by atoms with Crippen LogP contribution in [-0.4, -0.2) is 38.4 Å². The molecular weight excluding hydrogens is 211 g/mol. The van der Waals surface area contributed by atoms with Crippen molar-refractivity contribution in [3.8, 4) is 0 Å². The Hall–Kier alpha value is -0.190. The number of hydrogen-bond acceptors (Lipinski definition) is 3. The van der Waals surface area contributed by atoms with Gasteiger partial charge in [0.2, 0.25) is 0 Å². The first kappa shape index (κ1) is 12.3. The van der Waals surface area contributed by atoms with E-state index in [1.807, 2.05) is 6.92 Å². The van der Waals surface area contributed by atoms with E-state index in [9.17, 15) is 4.39 Å². The summed E-state index contributed by atoms with van der Waals surface area (Å²) >= 11 is 0. The van der Waals surface area contributed by atoms with Crippen LogP contribution in [0.4, 0.5) is 4.39 Å². The van der Waals surface area contributed by atoms with Crippen LogP contribution in [-0.2, 0) is 14.2 Å². The van der Waals surface area contributed by atoms with Gasteiger partial charge in [0, 0.05) is 12.5 Å². The number of ether oxygens (including phenoxy) is 3. The molecule has 0 aromatic heterocycles. The van der Waals surface area contributed by atoms with Crippen LogP contribution in [0.25, 0.3) is 0 Å². The third-order valence-electron chi connectivity index (χ3n) is 3.38.